The van der Waals surface area contributed by atoms with E-state index in [9.17, 15) is 0 Å². The molecule has 0 bridgehead atoms. The zero-order chi connectivity index (χ0) is 11.8. The van der Waals surface area contributed by atoms with E-state index in [2.05, 4.69) is 15.2 Å². The Morgan fingerprint density at radius 1 is 1.44 bits per heavy atom. The number of hydrogen-bond donors (Lipinski definition) is 2. The summed E-state index contributed by atoms with van der Waals surface area (Å²) in [6.07, 6.45) is 1.69. The second-order valence-electron chi connectivity index (χ2n) is 3.81. The van der Waals surface area contributed by atoms with Gasteiger partial charge in [0.1, 0.15) is 5.82 Å². The summed E-state index contributed by atoms with van der Waals surface area (Å²) in [5.41, 5.74) is 6.53. The SMILES string of the molecule is CN(C)CCOCCNc1ccnc(N)c1. The van der Waals surface area contributed by atoms with Crippen molar-refractivity contribution in [3.63, 3.8) is 0 Å². The van der Waals surface area contributed by atoms with Gasteiger partial charge in [0.05, 0.1) is 13.2 Å². The van der Waals surface area contributed by atoms with E-state index in [1.54, 1.807) is 12.3 Å². The van der Waals surface area contributed by atoms with Gasteiger partial charge < -0.3 is 20.7 Å². The highest BCUT2D eigenvalue weighted by Gasteiger charge is 1.94. The molecule has 0 fully saturated rings. The Labute approximate surface area is 96.6 Å². The second kappa shape index (κ2) is 7.03. The number of ether oxygens (including phenoxy) is 1. The molecule has 0 atom stereocenters. The Balaban J connectivity index is 2.07. The van der Waals surface area contributed by atoms with E-state index in [4.69, 9.17) is 10.5 Å². The summed E-state index contributed by atoms with van der Waals surface area (Å²) in [5, 5.41) is 3.21. The second-order valence-corrected chi connectivity index (χ2v) is 3.81. The summed E-state index contributed by atoms with van der Waals surface area (Å²) < 4.78 is 5.45. The fourth-order valence-electron chi connectivity index (χ4n) is 1.18. The highest BCUT2D eigenvalue weighted by Crippen LogP contribution is 2.07. The lowest BCUT2D eigenvalue weighted by atomic mass is 10.4. The molecule has 0 aliphatic carbocycles. The van der Waals surface area contributed by atoms with Crippen LogP contribution in [0, 0.1) is 0 Å². The Morgan fingerprint density at radius 2 is 2.25 bits per heavy atom. The molecule has 1 aromatic rings. The maximum atomic E-state index is 5.56. The predicted molar refractivity (Wildman–Crippen MR) is 66.5 cm³/mol. The lowest BCUT2D eigenvalue weighted by Crippen LogP contribution is -2.20. The third-order valence-corrected chi connectivity index (χ3v) is 2.04. The first kappa shape index (κ1) is 12.7. The third-order valence-electron chi connectivity index (χ3n) is 2.04. The molecule has 1 heterocycles. The Kier molecular flexibility index (Phi) is 5.60. The lowest BCUT2D eigenvalue weighted by molar-refractivity contribution is 0.126. The smallest absolute Gasteiger partial charge is 0.125 e. The fourth-order valence-corrected chi connectivity index (χ4v) is 1.18. The van der Waals surface area contributed by atoms with Crippen molar-refractivity contribution in [2.45, 2.75) is 0 Å². The van der Waals surface area contributed by atoms with Crippen LogP contribution in [0.4, 0.5) is 11.5 Å². The van der Waals surface area contributed by atoms with Crippen molar-refractivity contribution in [3.05, 3.63) is 18.3 Å². The van der Waals surface area contributed by atoms with E-state index < -0.39 is 0 Å². The van der Waals surface area contributed by atoms with Gasteiger partial charge in [-0.05, 0) is 20.2 Å². The number of nitrogen functional groups attached to an aromatic ring is 1. The van der Waals surface area contributed by atoms with Gasteiger partial charge in [-0.2, -0.15) is 0 Å². The maximum absolute atomic E-state index is 5.56. The van der Waals surface area contributed by atoms with Gasteiger partial charge in [-0.25, -0.2) is 4.98 Å². The molecule has 3 N–H and O–H groups in total. The van der Waals surface area contributed by atoms with Crippen LogP contribution in [-0.4, -0.2) is 50.3 Å². The van der Waals surface area contributed by atoms with Crippen LogP contribution in [0.5, 0.6) is 0 Å². The van der Waals surface area contributed by atoms with Crippen LogP contribution in [0.1, 0.15) is 0 Å². The van der Waals surface area contributed by atoms with Crippen LogP contribution in [0.25, 0.3) is 0 Å². The highest BCUT2D eigenvalue weighted by molar-refractivity contribution is 5.49. The number of likely N-dealkylation sites (N-methyl/N-ethyl adjacent to an activating group) is 1. The summed E-state index contributed by atoms with van der Waals surface area (Å²) in [4.78, 5) is 6.01. The molecule has 90 valence electrons. The van der Waals surface area contributed by atoms with Gasteiger partial charge >= 0.3 is 0 Å². The summed E-state index contributed by atoms with van der Waals surface area (Å²) >= 11 is 0. The van der Waals surface area contributed by atoms with E-state index in [1.165, 1.54) is 0 Å². The standard InChI is InChI=1S/C11H20N4O/c1-15(2)6-8-16-7-5-13-10-3-4-14-11(12)9-10/h3-4,9H,5-8H2,1-2H3,(H3,12,13,14). The van der Waals surface area contributed by atoms with Crippen LogP contribution in [-0.2, 0) is 4.74 Å². The topological polar surface area (TPSA) is 63.4 Å². The van der Waals surface area contributed by atoms with Gasteiger partial charge in [0.25, 0.3) is 0 Å². The molecule has 0 aliphatic heterocycles. The first-order valence-electron chi connectivity index (χ1n) is 5.36. The van der Waals surface area contributed by atoms with Crippen molar-refractivity contribution in [2.24, 2.45) is 0 Å². The van der Waals surface area contributed by atoms with Crippen LogP contribution in [0.2, 0.25) is 0 Å². The van der Waals surface area contributed by atoms with Crippen LogP contribution < -0.4 is 11.1 Å². The molecule has 16 heavy (non-hydrogen) atoms. The number of pyridine rings is 1. The van der Waals surface area contributed by atoms with E-state index in [0.717, 1.165) is 25.4 Å². The Hall–Kier alpha value is -1.33. The summed E-state index contributed by atoms with van der Waals surface area (Å²) in [6.45, 7) is 3.17. The van der Waals surface area contributed by atoms with Crippen molar-refractivity contribution < 1.29 is 4.74 Å². The monoisotopic (exact) mass is 224 g/mol. The first-order chi connectivity index (χ1) is 7.68. The number of nitrogens with zero attached hydrogens (tertiary/aromatic N) is 2. The van der Waals surface area contributed by atoms with Gasteiger partial charge in [-0.3, -0.25) is 0 Å². The van der Waals surface area contributed by atoms with Gasteiger partial charge in [-0.1, -0.05) is 0 Å². The molecule has 0 aliphatic rings. The van der Waals surface area contributed by atoms with Gasteiger partial charge in [0.15, 0.2) is 0 Å². The Bertz CT molecular complexity index is 304. The van der Waals surface area contributed by atoms with Gasteiger partial charge in [-0.15, -0.1) is 0 Å². The van der Waals surface area contributed by atoms with E-state index in [1.807, 2.05) is 20.2 Å². The third kappa shape index (κ3) is 5.53. The molecule has 0 radical (unpaired) electrons. The molecule has 0 amide bonds. The minimum Gasteiger partial charge on any atom is -0.384 e. The van der Waals surface area contributed by atoms with Gasteiger partial charge in [0, 0.05) is 31.0 Å². The van der Waals surface area contributed by atoms with Gasteiger partial charge in [0.2, 0.25) is 0 Å². The fraction of sp³-hybridized carbons (Fsp3) is 0.545. The van der Waals surface area contributed by atoms with Crippen molar-refractivity contribution in [1.29, 1.82) is 0 Å². The zero-order valence-corrected chi connectivity index (χ0v) is 9.94. The minimum atomic E-state index is 0.526. The number of hydrogen-bond acceptors (Lipinski definition) is 5. The van der Waals surface area contributed by atoms with Crippen LogP contribution in [0.15, 0.2) is 18.3 Å². The average molecular weight is 224 g/mol. The molecular formula is C11H20N4O. The molecule has 0 spiro atoms. The van der Waals surface area contributed by atoms with Crippen LogP contribution >= 0.6 is 0 Å². The Morgan fingerprint density at radius 3 is 2.94 bits per heavy atom. The first-order valence-corrected chi connectivity index (χ1v) is 5.36. The summed E-state index contributed by atoms with van der Waals surface area (Å²) in [6, 6.07) is 3.69. The molecule has 0 unspecified atom stereocenters. The number of anilines is 2. The summed E-state index contributed by atoms with van der Waals surface area (Å²) in [7, 11) is 4.06. The van der Waals surface area contributed by atoms with E-state index in [0.29, 0.717) is 12.4 Å². The number of aromatic nitrogens is 1. The minimum absolute atomic E-state index is 0.526. The predicted octanol–water partition coefficient (Wildman–Crippen LogP) is 0.654. The van der Waals surface area contributed by atoms with E-state index in [-0.39, 0.29) is 0 Å². The summed E-state index contributed by atoms with van der Waals surface area (Å²) in [5.74, 6) is 0.526. The van der Waals surface area contributed by atoms with Crippen molar-refractivity contribution in [1.82, 2.24) is 9.88 Å². The molecular weight excluding hydrogens is 204 g/mol. The largest absolute Gasteiger partial charge is 0.384 e. The molecule has 5 heteroatoms. The molecule has 0 saturated heterocycles. The molecule has 1 rings (SSSR count). The van der Waals surface area contributed by atoms with Crippen LogP contribution in [0.3, 0.4) is 0 Å². The quantitative estimate of drug-likeness (QED) is 0.666. The molecule has 0 aromatic carbocycles. The van der Waals surface area contributed by atoms with Crippen molar-refractivity contribution in [3.8, 4) is 0 Å². The molecule has 0 saturated carbocycles. The van der Waals surface area contributed by atoms with Crippen molar-refractivity contribution >= 4 is 11.5 Å². The average Bonchev–Trinajstić information content (AvgIpc) is 2.23. The lowest BCUT2D eigenvalue weighted by Gasteiger charge is -2.10. The highest BCUT2D eigenvalue weighted by atomic mass is 16.5. The molecule has 5 nitrogen and oxygen atoms in total. The normalized spacial score (nSPS) is 10.7. The van der Waals surface area contributed by atoms with Crippen molar-refractivity contribution in [2.75, 3.05) is 51.4 Å². The number of rotatable bonds is 7. The zero-order valence-electron chi connectivity index (χ0n) is 9.94. The molecule has 1 aromatic heterocycles. The maximum Gasteiger partial charge on any atom is 0.125 e. The number of nitrogens with two attached hydrogens (primary N) is 1. The number of nitrogens with one attached hydrogen (secondary N) is 1. The van der Waals surface area contributed by atoms with E-state index >= 15 is 0 Å².